The number of nitrogens with one attached hydrogen (secondary N) is 1. The van der Waals surface area contributed by atoms with Crippen molar-refractivity contribution in [2.75, 3.05) is 13.2 Å². The minimum Gasteiger partial charge on any atom is -0.491 e. The second-order valence-corrected chi connectivity index (χ2v) is 5.40. The number of amides is 1. The first-order valence-corrected chi connectivity index (χ1v) is 7.45. The molecular formula is C14H17ClFN3O3S. The summed E-state index contributed by atoms with van der Waals surface area (Å²) in [4.78, 5) is 15.8. The van der Waals surface area contributed by atoms with E-state index in [1.165, 1.54) is 35.6 Å². The zero-order chi connectivity index (χ0) is 15.9. The molecule has 1 atom stereocenters. The van der Waals surface area contributed by atoms with Gasteiger partial charge in [0.2, 0.25) is 0 Å². The van der Waals surface area contributed by atoms with E-state index in [2.05, 4.69) is 10.3 Å². The number of aliphatic hydroxyl groups is 1. The number of hydrogen-bond acceptors (Lipinski definition) is 6. The highest BCUT2D eigenvalue weighted by molar-refractivity contribution is 7.09. The van der Waals surface area contributed by atoms with E-state index < -0.39 is 6.10 Å². The molecule has 0 bridgehead atoms. The third kappa shape index (κ3) is 6.11. The van der Waals surface area contributed by atoms with E-state index in [9.17, 15) is 14.3 Å². The average Bonchev–Trinajstić information content (AvgIpc) is 3.01. The Bertz CT molecular complexity index is 624. The second kappa shape index (κ2) is 9.41. The molecule has 126 valence electrons. The predicted octanol–water partition coefficient (Wildman–Crippen LogP) is 1.33. The average molecular weight is 362 g/mol. The highest BCUT2D eigenvalue weighted by Crippen LogP contribution is 2.11. The normalized spacial score (nSPS) is 11.4. The van der Waals surface area contributed by atoms with Gasteiger partial charge in [-0.15, -0.1) is 23.7 Å². The van der Waals surface area contributed by atoms with Gasteiger partial charge in [0.1, 0.15) is 35.0 Å². The smallest absolute Gasteiger partial charge is 0.270 e. The van der Waals surface area contributed by atoms with E-state index in [-0.39, 0.29) is 49.5 Å². The van der Waals surface area contributed by atoms with E-state index >= 15 is 0 Å². The standard InChI is InChI=1S/C14H16FN3O3S.ClH/c15-9-1-3-11(4-2-9)21-7-10(19)6-17-14(20)12-8-22-13(5-16)18-12;/h1-4,8,10,19H,5-7,16H2,(H,17,20);1H. The van der Waals surface area contributed by atoms with Crippen LogP contribution < -0.4 is 15.8 Å². The summed E-state index contributed by atoms with van der Waals surface area (Å²) in [6, 6.07) is 5.45. The van der Waals surface area contributed by atoms with Gasteiger partial charge in [-0.25, -0.2) is 9.37 Å². The third-order valence-corrected chi connectivity index (χ3v) is 3.58. The van der Waals surface area contributed by atoms with Crippen molar-refractivity contribution in [3.63, 3.8) is 0 Å². The van der Waals surface area contributed by atoms with Gasteiger partial charge in [-0.2, -0.15) is 0 Å². The number of nitrogens with zero attached hydrogens (tertiary/aromatic N) is 1. The fourth-order valence-electron chi connectivity index (χ4n) is 1.59. The Kier molecular flexibility index (Phi) is 7.90. The Morgan fingerprint density at radius 3 is 2.74 bits per heavy atom. The molecular weight excluding hydrogens is 345 g/mol. The van der Waals surface area contributed by atoms with Crippen LogP contribution in [0.1, 0.15) is 15.5 Å². The SMILES string of the molecule is Cl.NCc1nc(C(=O)NCC(O)COc2ccc(F)cc2)cs1. The van der Waals surface area contributed by atoms with Crippen LogP contribution in [0.3, 0.4) is 0 Å². The monoisotopic (exact) mass is 361 g/mol. The maximum Gasteiger partial charge on any atom is 0.270 e. The lowest BCUT2D eigenvalue weighted by Gasteiger charge is -2.12. The van der Waals surface area contributed by atoms with Gasteiger partial charge in [-0.05, 0) is 24.3 Å². The lowest BCUT2D eigenvalue weighted by molar-refractivity contribution is 0.0840. The minimum atomic E-state index is -0.887. The summed E-state index contributed by atoms with van der Waals surface area (Å²) in [5.74, 6) is -0.295. The van der Waals surface area contributed by atoms with Crippen molar-refractivity contribution in [2.24, 2.45) is 5.73 Å². The zero-order valence-electron chi connectivity index (χ0n) is 12.1. The van der Waals surface area contributed by atoms with Crippen LogP contribution in [0.25, 0.3) is 0 Å². The van der Waals surface area contributed by atoms with Gasteiger partial charge in [0.25, 0.3) is 5.91 Å². The number of aliphatic hydroxyl groups excluding tert-OH is 1. The van der Waals surface area contributed by atoms with Crippen molar-refractivity contribution in [2.45, 2.75) is 12.6 Å². The molecule has 1 amide bonds. The van der Waals surface area contributed by atoms with Crippen LogP contribution in [0, 0.1) is 5.82 Å². The number of carbonyl (C=O) groups excluding carboxylic acids is 1. The van der Waals surface area contributed by atoms with Crippen molar-refractivity contribution >= 4 is 29.7 Å². The van der Waals surface area contributed by atoms with Gasteiger partial charge in [-0.3, -0.25) is 4.79 Å². The summed E-state index contributed by atoms with van der Waals surface area (Å²) in [5.41, 5.74) is 5.70. The third-order valence-electron chi connectivity index (χ3n) is 2.71. The first-order chi connectivity index (χ1) is 10.6. The summed E-state index contributed by atoms with van der Waals surface area (Å²) >= 11 is 1.31. The maximum atomic E-state index is 12.7. The lowest BCUT2D eigenvalue weighted by atomic mass is 10.3. The summed E-state index contributed by atoms with van der Waals surface area (Å²) in [6.07, 6.45) is -0.887. The molecule has 1 aromatic heterocycles. The molecule has 9 heteroatoms. The maximum absolute atomic E-state index is 12.7. The zero-order valence-corrected chi connectivity index (χ0v) is 13.7. The molecule has 1 heterocycles. The fourth-order valence-corrected chi connectivity index (χ4v) is 2.25. The number of nitrogens with two attached hydrogens (primary N) is 1. The number of ether oxygens (including phenoxy) is 1. The molecule has 1 unspecified atom stereocenters. The lowest BCUT2D eigenvalue weighted by Crippen LogP contribution is -2.35. The molecule has 2 aromatic rings. The molecule has 23 heavy (non-hydrogen) atoms. The first kappa shape index (κ1) is 19.3. The molecule has 1 aromatic carbocycles. The van der Waals surface area contributed by atoms with Gasteiger partial charge in [-0.1, -0.05) is 0 Å². The van der Waals surface area contributed by atoms with Crippen LogP contribution in [0.2, 0.25) is 0 Å². The fraction of sp³-hybridized carbons (Fsp3) is 0.286. The Labute approximate surface area is 142 Å². The number of rotatable bonds is 7. The number of halogens is 2. The highest BCUT2D eigenvalue weighted by Gasteiger charge is 2.12. The molecule has 0 radical (unpaired) electrons. The Morgan fingerprint density at radius 1 is 1.43 bits per heavy atom. The predicted molar refractivity (Wildman–Crippen MR) is 87.5 cm³/mol. The first-order valence-electron chi connectivity index (χ1n) is 6.57. The van der Waals surface area contributed by atoms with E-state index in [0.29, 0.717) is 10.8 Å². The van der Waals surface area contributed by atoms with Crippen molar-refractivity contribution < 1.29 is 19.0 Å². The molecule has 0 fully saturated rings. The molecule has 0 aliphatic carbocycles. The van der Waals surface area contributed by atoms with Crippen LogP contribution in [-0.4, -0.2) is 35.3 Å². The van der Waals surface area contributed by atoms with Crippen LogP contribution in [0.15, 0.2) is 29.6 Å². The van der Waals surface area contributed by atoms with Gasteiger partial charge in [0, 0.05) is 18.5 Å². The van der Waals surface area contributed by atoms with Crippen molar-refractivity contribution in [1.29, 1.82) is 0 Å². The largest absolute Gasteiger partial charge is 0.491 e. The summed E-state index contributed by atoms with van der Waals surface area (Å²) < 4.78 is 18.0. The summed E-state index contributed by atoms with van der Waals surface area (Å²) in [7, 11) is 0. The van der Waals surface area contributed by atoms with E-state index in [1.807, 2.05) is 0 Å². The van der Waals surface area contributed by atoms with Crippen molar-refractivity contribution in [3.8, 4) is 5.75 Å². The summed E-state index contributed by atoms with van der Waals surface area (Å²) in [6.45, 7) is 0.290. The molecule has 0 saturated carbocycles. The molecule has 4 N–H and O–H groups in total. The second-order valence-electron chi connectivity index (χ2n) is 4.46. The molecule has 0 saturated heterocycles. The molecule has 0 aliphatic rings. The highest BCUT2D eigenvalue weighted by atomic mass is 35.5. The molecule has 0 aliphatic heterocycles. The topological polar surface area (TPSA) is 97.5 Å². The van der Waals surface area contributed by atoms with E-state index in [4.69, 9.17) is 10.5 Å². The van der Waals surface area contributed by atoms with E-state index in [1.54, 1.807) is 5.38 Å². The quantitative estimate of drug-likeness (QED) is 0.691. The Balaban J connectivity index is 0.00000264. The van der Waals surface area contributed by atoms with Gasteiger partial charge < -0.3 is 20.9 Å². The molecule has 0 spiro atoms. The number of benzene rings is 1. The summed E-state index contributed by atoms with van der Waals surface area (Å²) in [5, 5.41) is 14.6. The Hall–Kier alpha value is -1.74. The number of carbonyl (C=O) groups is 1. The van der Waals surface area contributed by atoms with Gasteiger partial charge in [0.05, 0.1) is 0 Å². The van der Waals surface area contributed by atoms with Gasteiger partial charge >= 0.3 is 0 Å². The number of aromatic nitrogens is 1. The molecule has 2 rings (SSSR count). The van der Waals surface area contributed by atoms with Crippen LogP contribution in [0.5, 0.6) is 5.75 Å². The Morgan fingerprint density at radius 2 is 2.13 bits per heavy atom. The van der Waals surface area contributed by atoms with Crippen LogP contribution >= 0.6 is 23.7 Å². The van der Waals surface area contributed by atoms with Crippen LogP contribution in [-0.2, 0) is 6.54 Å². The number of hydrogen-bond donors (Lipinski definition) is 3. The van der Waals surface area contributed by atoms with E-state index in [0.717, 1.165) is 0 Å². The van der Waals surface area contributed by atoms with Gasteiger partial charge in [0.15, 0.2) is 0 Å². The van der Waals surface area contributed by atoms with Crippen LogP contribution in [0.4, 0.5) is 4.39 Å². The van der Waals surface area contributed by atoms with Crippen molar-refractivity contribution in [1.82, 2.24) is 10.3 Å². The minimum absolute atomic E-state index is 0. The van der Waals surface area contributed by atoms with Crippen molar-refractivity contribution in [3.05, 3.63) is 46.2 Å². The number of thiazole rings is 1. The molecule has 6 nitrogen and oxygen atoms in total.